The van der Waals surface area contributed by atoms with Crippen molar-refractivity contribution in [2.45, 2.75) is 32.6 Å². The molecule has 1 saturated carbocycles. The standard InChI is InChI=1S/C13H17NO4/c1-13(6-2-3-7-13)8-14-11(15)9-4-5-10(18-9)12(16)17/h4-5H,2-3,6-8H2,1H3,(H,14,15)(H,16,17). The van der Waals surface area contributed by atoms with Crippen LogP contribution in [0.5, 0.6) is 0 Å². The van der Waals surface area contributed by atoms with Crippen LogP contribution >= 0.6 is 0 Å². The summed E-state index contributed by atoms with van der Waals surface area (Å²) >= 11 is 0. The van der Waals surface area contributed by atoms with E-state index in [1.165, 1.54) is 25.0 Å². The normalized spacial score (nSPS) is 17.6. The fraction of sp³-hybridized carbons (Fsp3) is 0.538. The van der Waals surface area contributed by atoms with Gasteiger partial charge in [0.25, 0.3) is 5.91 Å². The van der Waals surface area contributed by atoms with Crippen molar-refractivity contribution in [2.24, 2.45) is 5.41 Å². The number of carboxylic acids is 1. The van der Waals surface area contributed by atoms with Crippen molar-refractivity contribution < 1.29 is 19.1 Å². The zero-order valence-corrected chi connectivity index (χ0v) is 10.4. The molecule has 1 aromatic heterocycles. The van der Waals surface area contributed by atoms with Gasteiger partial charge in [0.1, 0.15) is 0 Å². The highest BCUT2D eigenvalue weighted by molar-refractivity contribution is 5.93. The minimum absolute atomic E-state index is 0.0500. The van der Waals surface area contributed by atoms with Crippen molar-refractivity contribution in [3.05, 3.63) is 23.7 Å². The van der Waals surface area contributed by atoms with E-state index in [0.29, 0.717) is 6.54 Å². The van der Waals surface area contributed by atoms with Crippen molar-refractivity contribution in [1.82, 2.24) is 5.32 Å². The largest absolute Gasteiger partial charge is 0.475 e. The van der Waals surface area contributed by atoms with Gasteiger partial charge in [0.15, 0.2) is 5.76 Å². The van der Waals surface area contributed by atoms with E-state index < -0.39 is 5.97 Å². The second kappa shape index (κ2) is 4.84. The van der Waals surface area contributed by atoms with Crippen LogP contribution in [0.25, 0.3) is 0 Å². The van der Waals surface area contributed by atoms with Crippen LogP contribution in [0.2, 0.25) is 0 Å². The van der Waals surface area contributed by atoms with E-state index in [4.69, 9.17) is 9.52 Å². The summed E-state index contributed by atoms with van der Waals surface area (Å²) in [4.78, 5) is 22.4. The van der Waals surface area contributed by atoms with Gasteiger partial charge in [0.2, 0.25) is 5.76 Å². The summed E-state index contributed by atoms with van der Waals surface area (Å²) < 4.78 is 4.94. The quantitative estimate of drug-likeness (QED) is 0.860. The summed E-state index contributed by atoms with van der Waals surface area (Å²) in [5, 5.41) is 11.5. The Bertz CT molecular complexity index is 457. The van der Waals surface area contributed by atoms with Crippen LogP contribution in [0.3, 0.4) is 0 Å². The highest BCUT2D eigenvalue weighted by atomic mass is 16.4. The van der Waals surface area contributed by atoms with Gasteiger partial charge in [-0.3, -0.25) is 4.79 Å². The minimum atomic E-state index is -1.17. The van der Waals surface area contributed by atoms with E-state index in [1.807, 2.05) is 0 Å². The monoisotopic (exact) mass is 251 g/mol. The highest BCUT2D eigenvalue weighted by Gasteiger charge is 2.29. The van der Waals surface area contributed by atoms with E-state index in [1.54, 1.807) is 0 Å². The number of carboxylic acid groups (broad SMARTS) is 1. The van der Waals surface area contributed by atoms with Gasteiger partial charge in [-0.2, -0.15) is 0 Å². The van der Waals surface area contributed by atoms with E-state index in [9.17, 15) is 9.59 Å². The molecule has 1 aromatic rings. The lowest BCUT2D eigenvalue weighted by Crippen LogP contribution is -2.33. The molecule has 0 saturated heterocycles. The van der Waals surface area contributed by atoms with E-state index in [2.05, 4.69) is 12.2 Å². The molecule has 1 fully saturated rings. The third-order valence-corrected chi connectivity index (χ3v) is 3.53. The topological polar surface area (TPSA) is 79.5 Å². The molecule has 5 nitrogen and oxygen atoms in total. The first-order chi connectivity index (χ1) is 8.50. The van der Waals surface area contributed by atoms with Gasteiger partial charge in [-0.25, -0.2) is 4.79 Å². The molecule has 1 aliphatic carbocycles. The van der Waals surface area contributed by atoms with Gasteiger partial charge in [0.05, 0.1) is 0 Å². The van der Waals surface area contributed by atoms with Gasteiger partial charge in [-0.05, 0) is 30.4 Å². The minimum Gasteiger partial charge on any atom is -0.475 e. The predicted octanol–water partition coefficient (Wildman–Crippen LogP) is 2.29. The average Bonchev–Trinajstić information content (AvgIpc) is 2.95. The Labute approximate surface area is 105 Å². The lowest BCUT2D eigenvalue weighted by molar-refractivity contribution is 0.0659. The number of hydrogen-bond donors (Lipinski definition) is 2. The van der Waals surface area contributed by atoms with Crippen molar-refractivity contribution in [3.8, 4) is 0 Å². The number of furan rings is 1. The maximum Gasteiger partial charge on any atom is 0.371 e. The predicted molar refractivity (Wildman–Crippen MR) is 64.6 cm³/mol. The summed E-state index contributed by atoms with van der Waals surface area (Å²) in [7, 11) is 0. The smallest absolute Gasteiger partial charge is 0.371 e. The highest BCUT2D eigenvalue weighted by Crippen LogP contribution is 2.36. The number of amides is 1. The first-order valence-corrected chi connectivity index (χ1v) is 6.12. The molecule has 0 aliphatic heterocycles. The molecule has 0 bridgehead atoms. The summed E-state index contributed by atoms with van der Waals surface area (Å²) in [6, 6.07) is 2.67. The average molecular weight is 251 g/mol. The number of nitrogens with one attached hydrogen (secondary N) is 1. The second-order valence-corrected chi connectivity index (χ2v) is 5.17. The maximum atomic E-state index is 11.8. The Hall–Kier alpha value is -1.78. The first kappa shape index (κ1) is 12.7. The molecule has 2 N–H and O–H groups in total. The van der Waals surface area contributed by atoms with Gasteiger partial charge in [-0.1, -0.05) is 19.8 Å². The van der Waals surface area contributed by atoms with Crippen LogP contribution in [0.1, 0.15) is 53.7 Å². The third-order valence-electron chi connectivity index (χ3n) is 3.53. The second-order valence-electron chi connectivity index (χ2n) is 5.17. The summed E-state index contributed by atoms with van der Waals surface area (Å²) in [5.74, 6) is -1.69. The Morgan fingerprint density at radius 3 is 2.50 bits per heavy atom. The fourth-order valence-corrected chi connectivity index (χ4v) is 2.36. The van der Waals surface area contributed by atoms with Gasteiger partial charge in [-0.15, -0.1) is 0 Å². The number of rotatable bonds is 4. The zero-order valence-electron chi connectivity index (χ0n) is 10.4. The van der Waals surface area contributed by atoms with Crippen LogP contribution in [0.4, 0.5) is 0 Å². The molecule has 0 aromatic carbocycles. The number of aromatic carboxylic acids is 1. The first-order valence-electron chi connectivity index (χ1n) is 6.12. The Morgan fingerprint density at radius 1 is 1.33 bits per heavy atom. The molecule has 0 radical (unpaired) electrons. The summed E-state index contributed by atoms with van der Waals surface area (Å²) in [6.45, 7) is 2.76. The van der Waals surface area contributed by atoms with Crippen LogP contribution in [-0.2, 0) is 0 Å². The Balaban J connectivity index is 1.93. The number of hydrogen-bond acceptors (Lipinski definition) is 3. The molecule has 98 valence electrons. The van der Waals surface area contributed by atoms with Crippen LogP contribution < -0.4 is 5.32 Å². The Morgan fingerprint density at radius 2 is 1.94 bits per heavy atom. The molecule has 0 unspecified atom stereocenters. The molecule has 1 aliphatic rings. The molecule has 2 rings (SSSR count). The van der Waals surface area contributed by atoms with E-state index in [-0.39, 0.29) is 22.8 Å². The van der Waals surface area contributed by atoms with Crippen LogP contribution in [0.15, 0.2) is 16.5 Å². The van der Waals surface area contributed by atoms with Crippen molar-refractivity contribution >= 4 is 11.9 Å². The van der Waals surface area contributed by atoms with Crippen LogP contribution in [0, 0.1) is 5.41 Å². The number of carbonyl (C=O) groups is 2. The molecule has 0 atom stereocenters. The maximum absolute atomic E-state index is 11.8. The molecular formula is C13H17NO4. The number of carbonyl (C=O) groups excluding carboxylic acids is 1. The molecule has 5 heteroatoms. The van der Waals surface area contributed by atoms with Crippen LogP contribution in [-0.4, -0.2) is 23.5 Å². The van der Waals surface area contributed by atoms with Crippen molar-refractivity contribution in [3.63, 3.8) is 0 Å². The van der Waals surface area contributed by atoms with Gasteiger partial charge < -0.3 is 14.8 Å². The Kier molecular flexibility index (Phi) is 3.41. The molecule has 18 heavy (non-hydrogen) atoms. The lowest BCUT2D eigenvalue weighted by Gasteiger charge is -2.23. The van der Waals surface area contributed by atoms with Gasteiger partial charge in [0, 0.05) is 6.54 Å². The zero-order chi connectivity index (χ0) is 13.2. The molecule has 1 heterocycles. The summed E-state index contributed by atoms with van der Waals surface area (Å²) in [6.07, 6.45) is 4.64. The fourth-order valence-electron chi connectivity index (χ4n) is 2.36. The van der Waals surface area contributed by atoms with E-state index in [0.717, 1.165) is 12.8 Å². The lowest BCUT2D eigenvalue weighted by atomic mass is 9.89. The molecule has 1 amide bonds. The van der Waals surface area contributed by atoms with E-state index >= 15 is 0 Å². The van der Waals surface area contributed by atoms with Crippen molar-refractivity contribution in [2.75, 3.05) is 6.54 Å². The SMILES string of the molecule is CC1(CNC(=O)c2ccc(C(=O)O)o2)CCCC1. The van der Waals surface area contributed by atoms with Crippen molar-refractivity contribution in [1.29, 1.82) is 0 Å². The third kappa shape index (κ3) is 2.72. The molecule has 0 spiro atoms. The molecular weight excluding hydrogens is 234 g/mol. The summed E-state index contributed by atoms with van der Waals surface area (Å²) in [5.41, 5.74) is 0.165. The van der Waals surface area contributed by atoms with Gasteiger partial charge >= 0.3 is 5.97 Å².